The van der Waals surface area contributed by atoms with Crippen molar-refractivity contribution in [2.75, 3.05) is 6.54 Å². The maximum Gasteiger partial charge on any atom is 0.246 e. The third-order valence-corrected chi connectivity index (χ3v) is 3.82. The van der Waals surface area contributed by atoms with E-state index in [0.717, 1.165) is 10.8 Å². The number of nitriles is 1. The molecule has 2 aromatic rings. The Morgan fingerprint density at radius 3 is 2.65 bits per heavy atom. The molecule has 0 radical (unpaired) electrons. The number of nitrogens with one attached hydrogen (secondary N) is 1. The smallest absolute Gasteiger partial charge is 0.246 e. The van der Waals surface area contributed by atoms with Gasteiger partial charge in [0.25, 0.3) is 0 Å². The van der Waals surface area contributed by atoms with Crippen molar-refractivity contribution in [2.45, 2.75) is 0 Å². The number of thiocarbonyl (C=S) groups is 1. The minimum atomic E-state index is -0.402. The molecule has 3 rings (SSSR count). The third kappa shape index (κ3) is 2.96. The second kappa shape index (κ2) is 5.99. The van der Waals surface area contributed by atoms with Crippen LogP contribution in [0.2, 0.25) is 0 Å². The molecule has 1 fully saturated rings. The summed E-state index contributed by atoms with van der Waals surface area (Å²) in [6.45, 7) is 0.00894. The fourth-order valence-electron chi connectivity index (χ4n) is 2.34. The number of benzene rings is 2. The second-order valence-electron chi connectivity index (χ2n) is 5.03. The van der Waals surface area contributed by atoms with Crippen molar-refractivity contribution in [3.63, 3.8) is 0 Å². The fourth-order valence-corrected chi connectivity index (χ4v) is 2.57. The number of hydrogen-bond acceptors (Lipinski definition) is 4. The Bertz CT molecular complexity index is 911. The highest BCUT2D eigenvalue weighted by Gasteiger charge is 2.23. The maximum atomic E-state index is 12.5. The number of rotatable bonds is 3. The van der Waals surface area contributed by atoms with Gasteiger partial charge in [-0.2, -0.15) is 5.26 Å². The van der Waals surface area contributed by atoms with Crippen LogP contribution in [0.5, 0.6) is 0 Å². The number of nitrogens with zero attached hydrogens (tertiary/aromatic N) is 2. The normalized spacial score (nSPS) is 14.7. The minimum absolute atomic E-state index is 0.00894. The van der Waals surface area contributed by atoms with Crippen molar-refractivity contribution in [3.8, 4) is 6.07 Å². The number of Topliss-reactive ketones (excluding diaryl/α,β-unsaturated/α-hetero) is 1. The van der Waals surface area contributed by atoms with Crippen molar-refractivity contribution in [3.05, 3.63) is 59.8 Å². The number of carbonyl (C=O) groups excluding carboxylic acids is 2. The van der Waals surface area contributed by atoms with Crippen LogP contribution in [-0.4, -0.2) is 28.2 Å². The Kier molecular flexibility index (Phi) is 3.87. The van der Waals surface area contributed by atoms with E-state index < -0.39 is 5.78 Å². The average Bonchev–Trinajstić information content (AvgIpc) is 2.88. The molecule has 23 heavy (non-hydrogen) atoms. The first-order valence-corrected chi connectivity index (χ1v) is 7.25. The van der Waals surface area contributed by atoms with Gasteiger partial charge in [0.15, 0.2) is 5.11 Å². The standard InChI is InChI=1S/C17H11N3O2S/c18-8-14(9-20-10-15(21)19-17(20)23)16(22)13-6-5-11-3-1-2-4-12(11)7-13/h1-7,9H,10H2,(H,19,21,23)/b14-9+. The van der Waals surface area contributed by atoms with Crippen molar-refractivity contribution in [2.24, 2.45) is 0 Å². The summed E-state index contributed by atoms with van der Waals surface area (Å²) in [7, 11) is 0. The summed E-state index contributed by atoms with van der Waals surface area (Å²) in [6, 6.07) is 14.8. The lowest BCUT2D eigenvalue weighted by atomic mass is 10.0. The molecule has 1 N–H and O–H groups in total. The molecule has 0 spiro atoms. The van der Waals surface area contributed by atoms with Gasteiger partial charge >= 0.3 is 0 Å². The highest BCUT2D eigenvalue weighted by Crippen LogP contribution is 2.18. The van der Waals surface area contributed by atoms with Gasteiger partial charge in [0.2, 0.25) is 11.7 Å². The van der Waals surface area contributed by atoms with E-state index in [9.17, 15) is 14.9 Å². The molecule has 0 aromatic heterocycles. The van der Waals surface area contributed by atoms with Gasteiger partial charge in [-0.3, -0.25) is 9.59 Å². The van der Waals surface area contributed by atoms with Crippen LogP contribution in [0.25, 0.3) is 10.8 Å². The van der Waals surface area contributed by atoms with Gasteiger partial charge in [-0.15, -0.1) is 0 Å². The van der Waals surface area contributed by atoms with E-state index >= 15 is 0 Å². The molecule has 112 valence electrons. The molecule has 6 heteroatoms. The minimum Gasteiger partial charge on any atom is -0.314 e. The van der Waals surface area contributed by atoms with E-state index in [1.807, 2.05) is 36.4 Å². The number of allylic oxidation sites excluding steroid dienone is 1. The van der Waals surface area contributed by atoms with Crippen LogP contribution >= 0.6 is 12.2 Å². The van der Waals surface area contributed by atoms with E-state index in [1.165, 1.54) is 11.1 Å². The summed E-state index contributed by atoms with van der Waals surface area (Å²) in [4.78, 5) is 25.2. The number of hydrogen-bond donors (Lipinski definition) is 1. The van der Waals surface area contributed by atoms with Crippen LogP contribution in [0.3, 0.4) is 0 Å². The highest BCUT2D eigenvalue weighted by atomic mass is 32.1. The SMILES string of the molecule is N#C/C(=C\N1CC(=O)NC1=S)C(=O)c1ccc2ccccc2c1. The number of ketones is 1. The second-order valence-corrected chi connectivity index (χ2v) is 5.41. The lowest BCUT2D eigenvalue weighted by molar-refractivity contribution is -0.118. The average molecular weight is 321 g/mol. The Hall–Kier alpha value is -3.04. The van der Waals surface area contributed by atoms with Gasteiger partial charge < -0.3 is 10.2 Å². The van der Waals surface area contributed by atoms with Gasteiger partial charge in [-0.05, 0) is 29.1 Å². The van der Waals surface area contributed by atoms with E-state index in [0.29, 0.717) is 5.56 Å². The highest BCUT2D eigenvalue weighted by molar-refractivity contribution is 7.80. The van der Waals surface area contributed by atoms with Gasteiger partial charge in [0.05, 0.1) is 0 Å². The van der Waals surface area contributed by atoms with Crippen LogP contribution in [0.1, 0.15) is 10.4 Å². The number of amides is 1. The van der Waals surface area contributed by atoms with Crippen LogP contribution < -0.4 is 5.32 Å². The van der Waals surface area contributed by atoms with Crippen LogP contribution in [-0.2, 0) is 4.79 Å². The number of fused-ring (bicyclic) bond motifs is 1. The molecule has 1 saturated heterocycles. The molecule has 1 amide bonds. The van der Waals surface area contributed by atoms with Crippen molar-refractivity contribution < 1.29 is 9.59 Å². The van der Waals surface area contributed by atoms with E-state index in [4.69, 9.17) is 12.2 Å². The first kappa shape index (κ1) is 14.9. The Labute approximate surface area is 137 Å². The quantitative estimate of drug-likeness (QED) is 0.406. The summed E-state index contributed by atoms with van der Waals surface area (Å²) in [5, 5.41) is 13.8. The molecule has 1 aliphatic rings. The predicted octanol–water partition coefficient (Wildman–Crippen LogP) is 2.15. The fraction of sp³-hybridized carbons (Fsp3) is 0.0588. The molecule has 0 bridgehead atoms. The third-order valence-electron chi connectivity index (χ3n) is 3.48. The predicted molar refractivity (Wildman–Crippen MR) is 89.4 cm³/mol. The lowest BCUT2D eigenvalue weighted by Gasteiger charge is -2.10. The Morgan fingerprint density at radius 1 is 1.26 bits per heavy atom. The van der Waals surface area contributed by atoms with Crippen molar-refractivity contribution in [1.82, 2.24) is 10.2 Å². The molecule has 0 saturated carbocycles. The first-order valence-electron chi connectivity index (χ1n) is 6.84. The van der Waals surface area contributed by atoms with Crippen molar-refractivity contribution >= 4 is 39.8 Å². The van der Waals surface area contributed by atoms with Gasteiger partial charge in [-0.25, -0.2) is 0 Å². The first-order chi connectivity index (χ1) is 11.1. The number of carbonyl (C=O) groups is 2. The molecule has 0 atom stereocenters. The monoisotopic (exact) mass is 321 g/mol. The summed E-state index contributed by atoms with van der Waals surface area (Å²) in [6.07, 6.45) is 1.32. The van der Waals surface area contributed by atoms with Gasteiger partial charge in [-0.1, -0.05) is 36.4 Å². The molecule has 1 aliphatic heterocycles. The summed E-state index contributed by atoms with van der Waals surface area (Å²) in [5.41, 5.74) is 0.347. The molecule has 1 heterocycles. The maximum absolute atomic E-state index is 12.5. The van der Waals surface area contributed by atoms with Gasteiger partial charge in [0.1, 0.15) is 18.2 Å². The Morgan fingerprint density at radius 2 is 2.00 bits per heavy atom. The van der Waals surface area contributed by atoms with E-state index in [1.54, 1.807) is 12.1 Å². The van der Waals surface area contributed by atoms with Crippen LogP contribution in [0.4, 0.5) is 0 Å². The zero-order valence-corrected chi connectivity index (χ0v) is 12.8. The Balaban J connectivity index is 1.94. The van der Waals surface area contributed by atoms with E-state index in [2.05, 4.69) is 5.32 Å². The molecular formula is C17H11N3O2S. The summed E-state index contributed by atoms with van der Waals surface area (Å²) < 4.78 is 0. The van der Waals surface area contributed by atoms with Crippen molar-refractivity contribution in [1.29, 1.82) is 5.26 Å². The molecule has 5 nitrogen and oxygen atoms in total. The largest absolute Gasteiger partial charge is 0.314 e. The van der Waals surface area contributed by atoms with E-state index in [-0.39, 0.29) is 23.1 Å². The zero-order valence-electron chi connectivity index (χ0n) is 11.9. The summed E-state index contributed by atoms with van der Waals surface area (Å²) in [5.74, 6) is -0.665. The topological polar surface area (TPSA) is 73.2 Å². The zero-order chi connectivity index (χ0) is 16.4. The van der Waals surface area contributed by atoms with Gasteiger partial charge in [0, 0.05) is 11.8 Å². The summed E-state index contributed by atoms with van der Waals surface area (Å²) >= 11 is 4.98. The molecule has 0 aliphatic carbocycles. The molecule has 0 unspecified atom stereocenters. The lowest BCUT2D eigenvalue weighted by Crippen LogP contribution is -2.24. The molecular weight excluding hydrogens is 310 g/mol. The molecule has 2 aromatic carbocycles. The van der Waals surface area contributed by atoms with Crippen LogP contribution in [0, 0.1) is 11.3 Å². The van der Waals surface area contributed by atoms with Crippen LogP contribution in [0.15, 0.2) is 54.2 Å².